The average molecular weight is 496 g/mol. The number of nitrogens with one attached hydrogen (secondary N) is 1. The van der Waals surface area contributed by atoms with Crippen molar-refractivity contribution in [1.82, 2.24) is 4.90 Å². The number of aryl methyl sites for hydroxylation is 1. The maximum atomic E-state index is 13.1. The second-order valence-electron chi connectivity index (χ2n) is 9.75. The van der Waals surface area contributed by atoms with Crippen LogP contribution in [0.4, 0.5) is 20.6 Å². The number of rotatable bonds is 5. The van der Waals surface area contributed by atoms with E-state index in [-0.39, 0.29) is 5.54 Å². The van der Waals surface area contributed by atoms with Crippen LogP contribution in [0.2, 0.25) is 0 Å². The first-order valence-electron chi connectivity index (χ1n) is 11.7. The third-order valence-corrected chi connectivity index (χ3v) is 7.59. The van der Waals surface area contributed by atoms with E-state index < -0.39 is 29.4 Å². The van der Waals surface area contributed by atoms with Crippen LogP contribution < -0.4 is 10.2 Å². The molecule has 1 unspecified atom stereocenters. The summed E-state index contributed by atoms with van der Waals surface area (Å²) >= 11 is 0.837. The van der Waals surface area contributed by atoms with Crippen LogP contribution >= 0.6 is 11.8 Å². The highest BCUT2D eigenvalue weighted by Crippen LogP contribution is 2.45. The molecule has 2 aliphatic rings. The van der Waals surface area contributed by atoms with E-state index in [2.05, 4.69) is 50.0 Å². The molecule has 2 aromatic rings. The lowest BCUT2D eigenvalue weighted by atomic mass is 9.79. The lowest BCUT2D eigenvalue weighted by Crippen LogP contribution is -2.48. The zero-order chi connectivity index (χ0) is 25.5. The molecule has 6 nitrogen and oxygen atoms in total. The molecule has 2 heterocycles. The van der Waals surface area contributed by atoms with Crippen molar-refractivity contribution in [1.29, 1.82) is 0 Å². The summed E-state index contributed by atoms with van der Waals surface area (Å²) in [5.41, 5.74) is 4.83. The smallest absolute Gasteiger partial charge is 0.294 e. The maximum absolute atomic E-state index is 13.1. The fourth-order valence-corrected chi connectivity index (χ4v) is 5.89. The molecule has 0 saturated carbocycles. The first-order chi connectivity index (χ1) is 16.5. The highest BCUT2D eigenvalue weighted by atomic mass is 32.2. The molecule has 1 N–H and O–H groups in total. The number of thioether (sulfide) groups is 1. The van der Waals surface area contributed by atoms with Crippen molar-refractivity contribution in [3.8, 4) is 0 Å². The minimum absolute atomic E-state index is 0.0618. The lowest BCUT2D eigenvalue weighted by Gasteiger charge is -2.47. The molecule has 35 heavy (non-hydrogen) atoms. The molecule has 8 heteroatoms. The Morgan fingerprint density at radius 1 is 1.23 bits per heavy atom. The van der Waals surface area contributed by atoms with E-state index in [1.54, 1.807) is 6.08 Å². The van der Waals surface area contributed by atoms with Gasteiger partial charge in [-0.15, -0.1) is 0 Å². The monoisotopic (exact) mass is 495 g/mol. The van der Waals surface area contributed by atoms with Crippen molar-refractivity contribution in [3.63, 3.8) is 0 Å². The fourth-order valence-electron chi connectivity index (χ4n) is 5.06. The standard InChI is InChI=1S/C27H30FN3O3S/c1-6-31-22-11-16(2)18(12-21(22)17(3)14-27(31,4)5)13-23-25(33)30(26(34)35-23)15-24(32)29-20-9-7-19(28)8-10-20/h7-13,17H,6,14-15H2,1-5H3,(H,29,32)/b23-13+. The Morgan fingerprint density at radius 2 is 1.91 bits per heavy atom. The summed E-state index contributed by atoms with van der Waals surface area (Å²) < 4.78 is 13.1. The molecule has 0 bridgehead atoms. The van der Waals surface area contributed by atoms with Crippen molar-refractivity contribution < 1.29 is 18.8 Å². The van der Waals surface area contributed by atoms with Crippen LogP contribution in [0, 0.1) is 12.7 Å². The molecular weight excluding hydrogens is 465 g/mol. The summed E-state index contributed by atoms with van der Waals surface area (Å²) in [6.07, 6.45) is 2.77. The second-order valence-corrected chi connectivity index (χ2v) is 10.7. The number of hydrogen-bond acceptors (Lipinski definition) is 5. The summed E-state index contributed by atoms with van der Waals surface area (Å²) in [5.74, 6) is -1.07. The summed E-state index contributed by atoms with van der Waals surface area (Å²) in [5, 5.41) is 2.09. The van der Waals surface area contributed by atoms with Gasteiger partial charge in [-0.05, 0) is 111 Å². The van der Waals surface area contributed by atoms with Crippen molar-refractivity contribution >= 4 is 46.3 Å². The number of imide groups is 1. The Morgan fingerprint density at radius 3 is 2.57 bits per heavy atom. The zero-order valence-electron chi connectivity index (χ0n) is 20.6. The summed E-state index contributed by atoms with van der Waals surface area (Å²) in [6.45, 7) is 11.4. The number of carbonyl (C=O) groups excluding carboxylic acids is 3. The molecule has 0 spiro atoms. The highest BCUT2D eigenvalue weighted by Gasteiger charge is 2.38. The van der Waals surface area contributed by atoms with Crippen LogP contribution in [0.1, 0.15) is 56.7 Å². The third kappa shape index (κ3) is 4.98. The molecule has 1 saturated heterocycles. The molecule has 0 aromatic heterocycles. The number of nitrogens with zero attached hydrogens (tertiary/aromatic N) is 2. The summed E-state index contributed by atoms with van der Waals surface area (Å²) in [7, 11) is 0. The Labute approximate surface area is 209 Å². The number of anilines is 2. The van der Waals surface area contributed by atoms with E-state index >= 15 is 0 Å². The Balaban J connectivity index is 1.55. The normalized spacial score (nSPS) is 20.4. The zero-order valence-corrected chi connectivity index (χ0v) is 21.5. The SMILES string of the molecule is CCN1c2cc(C)c(/C=C3/SC(=O)N(CC(=O)Nc4ccc(F)cc4)C3=O)cc2C(C)CC1(C)C. The molecule has 3 amide bonds. The molecule has 4 rings (SSSR count). The van der Waals surface area contributed by atoms with Gasteiger partial charge in [0.2, 0.25) is 5.91 Å². The molecule has 1 fully saturated rings. The van der Waals surface area contributed by atoms with E-state index in [9.17, 15) is 18.8 Å². The van der Waals surface area contributed by atoms with Crippen molar-refractivity contribution in [2.24, 2.45) is 0 Å². The van der Waals surface area contributed by atoms with E-state index in [4.69, 9.17) is 0 Å². The molecule has 2 aliphatic heterocycles. The van der Waals surface area contributed by atoms with Gasteiger partial charge in [-0.1, -0.05) is 6.92 Å². The highest BCUT2D eigenvalue weighted by molar-refractivity contribution is 8.18. The Kier molecular flexibility index (Phi) is 6.77. The molecule has 184 valence electrons. The Bertz CT molecular complexity index is 1220. The van der Waals surface area contributed by atoms with Gasteiger partial charge in [0, 0.05) is 23.5 Å². The number of hydrogen-bond donors (Lipinski definition) is 1. The topological polar surface area (TPSA) is 69.7 Å². The average Bonchev–Trinajstić information content (AvgIpc) is 3.03. The first kappa shape index (κ1) is 25.0. The van der Waals surface area contributed by atoms with E-state index in [0.717, 1.165) is 40.8 Å². The number of benzene rings is 2. The van der Waals surface area contributed by atoms with Gasteiger partial charge in [-0.25, -0.2) is 4.39 Å². The molecule has 2 aromatic carbocycles. The van der Waals surface area contributed by atoms with Crippen LogP contribution in [0.15, 0.2) is 41.3 Å². The predicted octanol–water partition coefficient (Wildman–Crippen LogP) is 5.92. The third-order valence-electron chi connectivity index (χ3n) is 6.68. The largest absolute Gasteiger partial charge is 0.366 e. The van der Waals surface area contributed by atoms with Gasteiger partial charge in [-0.2, -0.15) is 0 Å². The molecule has 0 aliphatic carbocycles. The van der Waals surface area contributed by atoms with Gasteiger partial charge in [0.05, 0.1) is 4.91 Å². The van der Waals surface area contributed by atoms with Gasteiger partial charge in [-0.3, -0.25) is 19.3 Å². The van der Waals surface area contributed by atoms with Crippen molar-refractivity contribution in [2.75, 3.05) is 23.3 Å². The quantitative estimate of drug-likeness (QED) is 0.522. The van der Waals surface area contributed by atoms with Gasteiger partial charge < -0.3 is 10.2 Å². The second kappa shape index (κ2) is 9.49. The van der Waals surface area contributed by atoms with Gasteiger partial charge in [0.25, 0.3) is 11.1 Å². The molecule has 0 radical (unpaired) electrons. The number of amides is 3. The predicted molar refractivity (Wildman–Crippen MR) is 139 cm³/mol. The number of fused-ring (bicyclic) bond motifs is 1. The summed E-state index contributed by atoms with van der Waals surface area (Å²) in [6, 6.07) is 9.58. The van der Waals surface area contributed by atoms with Gasteiger partial charge >= 0.3 is 0 Å². The molecule has 1 atom stereocenters. The van der Waals surface area contributed by atoms with Gasteiger partial charge in [0.15, 0.2) is 0 Å². The fraction of sp³-hybridized carbons (Fsp3) is 0.370. The minimum atomic E-state index is -0.527. The van der Waals surface area contributed by atoms with Crippen LogP contribution in [0.5, 0.6) is 0 Å². The van der Waals surface area contributed by atoms with E-state index in [0.29, 0.717) is 16.5 Å². The van der Waals surface area contributed by atoms with Crippen LogP contribution in [-0.2, 0) is 9.59 Å². The van der Waals surface area contributed by atoms with E-state index in [1.807, 2.05) is 6.92 Å². The minimum Gasteiger partial charge on any atom is -0.366 e. The Hall–Kier alpha value is -3.13. The molecular formula is C27H30FN3O3S. The maximum Gasteiger partial charge on any atom is 0.294 e. The van der Waals surface area contributed by atoms with E-state index in [1.165, 1.54) is 35.5 Å². The van der Waals surface area contributed by atoms with Crippen LogP contribution in [-0.4, -0.2) is 40.6 Å². The van der Waals surface area contributed by atoms with Crippen molar-refractivity contribution in [2.45, 2.75) is 52.5 Å². The first-order valence-corrected chi connectivity index (χ1v) is 12.5. The summed E-state index contributed by atoms with van der Waals surface area (Å²) in [4.78, 5) is 41.6. The van der Waals surface area contributed by atoms with Crippen LogP contribution in [0.25, 0.3) is 6.08 Å². The number of halogens is 1. The number of carbonyl (C=O) groups is 3. The van der Waals surface area contributed by atoms with Crippen molar-refractivity contribution in [3.05, 3.63) is 63.8 Å². The lowest BCUT2D eigenvalue weighted by molar-refractivity contribution is -0.127. The van der Waals surface area contributed by atoms with Crippen LogP contribution in [0.3, 0.4) is 0 Å². The van der Waals surface area contributed by atoms with Gasteiger partial charge in [0.1, 0.15) is 12.4 Å².